The molecule has 0 spiro atoms. The molecule has 0 fully saturated rings. The number of nitrogens with two attached hydrogens (primary N) is 1. The largest absolute Gasteiger partial charge is 0.346 e. The van der Waals surface area contributed by atoms with Gasteiger partial charge in [-0.1, -0.05) is 11.8 Å². The summed E-state index contributed by atoms with van der Waals surface area (Å²) in [7, 11) is 0. The Morgan fingerprint density at radius 2 is 2.20 bits per heavy atom. The van der Waals surface area contributed by atoms with E-state index in [0.29, 0.717) is 5.69 Å². The van der Waals surface area contributed by atoms with Gasteiger partial charge < -0.3 is 16.4 Å². The third-order valence-corrected chi connectivity index (χ3v) is 4.46. The van der Waals surface area contributed by atoms with Crippen LogP contribution in [0.25, 0.3) is 10.2 Å². The highest BCUT2D eigenvalue weighted by atomic mass is 32.2. The maximum absolute atomic E-state index is 11.6. The van der Waals surface area contributed by atoms with Gasteiger partial charge in [-0.2, -0.15) is 0 Å². The molecule has 2 amide bonds. The van der Waals surface area contributed by atoms with E-state index in [-0.39, 0.29) is 24.9 Å². The smallest absolute Gasteiger partial charge is 0.243 e. The molecule has 4 N–H and O–H groups in total. The van der Waals surface area contributed by atoms with Crippen molar-refractivity contribution in [2.75, 3.05) is 24.7 Å². The lowest BCUT2D eigenvalue weighted by atomic mass is 10.3. The van der Waals surface area contributed by atoms with Crippen molar-refractivity contribution in [3.63, 3.8) is 0 Å². The van der Waals surface area contributed by atoms with Crippen molar-refractivity contribution in [1.82, 2.24) is 10.3 Å². The van der Waals surface area contributed by atoms with Crippen LogP contribution < -0.4 is 16.4 Å². The number of thioether (sulfide) groups is 1. The van der Waals surface area contributed by atoms with Crippen LogP contribution in [0.2, 0.25) is 0 Å². The summed E-state index contributed by atoms with van der Waals surface area (Å²) < 4.78 is 2.00. The van der Waals surface area contributed by atoms with Gasteiger partial charge in [0, 0.05) is 5.69 Å². The number of aromatic nitrogens is 1. The van der Waals surface area contributed by atoms with E-state index in [1.807, 2.05) is 18.4 Å². The molecule has 106 valence electrons. The molecular weight excluding hydrogens is 296 g/mol. The number of nitrogens with zero attached hydrogens (tertiary/aromatic N) is 1. The molecule has 0 saturated carbocycles. The van der Waals surface area contributed by atoms with Crippen molar-refractivity contribution in [2.24, 2.45) is 5.73 Å². The number of anilines is 1. The van der Waals surface area contributed by atoms with Crippen molar-refractivity contribution >= 4 is 50.8 Å². The fraction of sp³-hybridized carbons (Fsp3) is 0.250. The Morgan fingerprint density at radius 1 is 1.40 bits per heavy atom. The van der Waals surface area contributed by atoms with Crippen LogP contribution in [-0.2, 0) is 9.59 Å². The van der Waals surface area contributed by atoms with Gasteiger partial charge in [-0.05, 0) is 24.5 Å². The van der Waals surface area contributed by atoms with Gasteiger partial charge in [-0.15, -0.1) is 11.3 Å². The molecule has 0 radical (unpaired) electrons. The molecule has 0 atom stereocenters. The molecular formula is C12H14N4O2S2. The molecule has 20 heavy (non-hydrogen) atoms. The number of amides is 2. The summed E-state index contributed by atoms with van der Waals surface area (Å²) in [4.78, 5) is 27.0. The van der Waals surface area contributed by atoms with Crippen molar-refractivity contribution in [3.8, 4) is 0 Å². The number of carbonyl (C=O) groups is 2. The summed E-state index contributed by atoms with van der Waals surface area (Å²) in [6, 6.07) is 5.52. The van der Waals surface area contributed by atoms with E-state index < -0.39 is 0 Å². The number of hydrogen-bond donors (Lipinski definition) is 3. The first-order valence-corrected chi connectivity index (χ1v) is 7.87. The Balaban J connectivity index is 2.02. The van der Waals surface area contributed by atoms with Crippen LogP contribution in [0.5, 0.6) is 0 Å². The third-order valence-electron chi connectivity index (χ3n) is 2.46. The normalized spacial score (nSPS) is 10.5. The van der Waals surface area contributed by atoms with Crippen molar-refractivity contribution in [2.45, 2.75) is 4.34 Å². The predicted molar refractivity (Wildman–Crippen MR) is 82.1 cm³/mol. The van der Waals surface area contributed by atoms with Crippen LogP contribution in [0.1, 0.15) is 0 Å². The first kappa shape index (κ1) is 14.8. The lowest BCUT2D eigenvalue weighted by Gasteiger charge is -2.06. The number of hydrogen-bond acceptors (Lipinski definition) is 6. The maximum Gasteiger partial charge on any atom is 0.243 e. The lowest BCUT2D eigenvalue weighted by Crippen LogP contribution is -2.36. The van der Waals surface area contributed by atoms with Crippen LogP contribution in [-0.4, -0.2) is 36.1 Å². The van der Waals surface area contributed by atoms with Gasteiger partial charge in [-0.25, -0.2) is 4.98 Å². The standard InChI is InChI=1S/C12H14N4O2S2/c1-19-12-16-8-3-2-7(4-9(8)20-12)15-11(18)6-14-10(17)5-13/h2-4H,5-6,13H2,1H3,(H,14,17)(H,15,18). The minimum Gasteiger partial charge on any atom is -0.346 e. The zero-order chi connectivity index (χ0) is 14.5. The number of nitrogens with one attached hydrogen (secondary N) is 2. The highest BCUT2D eigenvalue weighted by Crippen LogP contribution is 2.29. The summed E-state index contributed by atoms with van der Waals surface area (Å²) in [6.07, 6.45) is 1.97. The molecule has 6 nitrogen and oxygen atoms in total. The Bertz CT molecular complexity index is 641. The fourth-order valence-electron chi connectivity index (χ4n) is 1.52. The first-order chi connectivity index (χ1) is 9.62. The fourth-order valence-corrected chi connectivity index (χ4v) is 3.05. The van der Waals surface area contributed by atoms with Crippen LogP contribution >= 0.6 is 23.1 Å². The van der Waals surface area contributed by atoms with E-state index in [4.69, 9.17) is 5.73 Å². The van der Waals surface area contributed by atoms with E-state index in [9.17, 15) is 9.59 Å². The molecule has 0 aliphatic carbocycles. The monoisotopic (exact) mass is 310 g/mol. The number of fused-ring (bicyclic) bond motifs is 1. The number of benzene rings is 1. The van der Waals surface area contributed by atoms with Gasteiger partial charge >= 0.3 is 0 Å². The summed E-state index contributed by atoms with van der Waals surface area (Å²) in [6.45, 7) is -0.218. The van der Waals surface area contributed by atoms with Gasteiger partial charge in [0.15, 0.2) is 4.34 Å². The van der Waals surface area contributed by atoms with E-state index >= 15 is 0 Å². The molecule has 0 unspecified atom stereocenters. The Kier molecular flexibility index (Phi) is 4.94. The van der Waals surface area contributed by atoms with Gasteiger partial charge in [0.1, 0.15) is 0 Å². The minimum atomic E-state index is -0.359. The molecule has 0 aliphatic rings. The Hall–Kier alpha value is -1.64. The molecule has 1 aromatic heterocycles. The molecule has 1 heterocycles. The van der Waals surface area contributed by atoms with Crippen LogP contribution in [0.4, 0.5) is 5.69 Å². The zero-order valence-corrected chi connectivity index (χ0v) is 12.4. The Labute approximate surface area is 124 Å². The Morgan fingerprint density at radius 3 is 2.90 bits per heavy atom. The van der Waals surface area contributed by atoms with Crippen LogP contribution in [0.3, 0.4) is 0 Å². The van der Waals surface area contributed by atoms with E-state index in [1.54, 1.807) is 29.2 Å². The van der Waals surface area contributed by atoms with Crippen molar-refractivity contribution in [3.05, 3.63) is 18.2 Å². The highest BCUT2D eigenvalue weighted by molar-refractivity contribution is 8.00. The van der Waals surface area contributed by atoms with Gasteiger partial charge in [-0.3, -0.25) is 9.59 Å². The zero-order valence-electron chi connectivity index (χ0n) is 10.8. The van der Waals surface area contributed by atoms with Crippen molar-refractivity contribution < 1.29 is 9.59 Å². The average molecular weight is 310 g/mol. The van der Waals surface area contributed by atoms with Gasteiger partial charge in [0.2, 0.25) is 11.8 Å². The SMILES string of the molecule is CSc1nc2ccc(NC(=O)CNC(=O)CN)cc2s1. The number of thiazole rings is 1. The van der Waals surface area contributed by atoms with Gasteiger partial charge in [0.05, 0.1) is 23.3 Å². The van der Waals surface area contributed by atoms with Crippen LogP contribution in [0.15, 0.2) is 22.5 Å². The van der Waals surface area contributed by atoms with E-state index in [2.05, 4.69) is 15.6 Å². The molecule has 2 aromatic rings. The second-order valence-corrected chi connectivity index (χ2v) is 5.98. The summed E-state index contributed by atoms with van der Waals surface area (Å²) >= 11 is 3.16. The third kappa shape index (κ3) is 3.69. The molecule has 8 heteroatoms. The molecule has 0 aliphatic heterocycles. The minimum absolute atomic E-state index is 0.0905. The summed E-state index contributed by atoms with van der Waals surface area (Å²) in [5.41, 5.74) is 6.73. The second-order valence-electron chi connectivity index (χ2n) is 3.90. The molecule has 0 saturated heterocycles. The number of carbonyl (C=O) groups excluding carboxylic acids is 2. The quantitative estimate of drug-likeness (QED) is 0.717. The van der Waals surface area contributed by atoms with E-state index in [1.165, 1.54) is 0 Å². The van der Waals surface area contributed by atoms with E-state index in [0.717, 1.165) is 14.6 Å². The average Bonchev–Trinajstić information content (AvgIpc) is 2.87. The van der Waals surface area contributed by atoms with Crippen LogP contribution in [0, 0.1) is 0 Å². The summed E-state index contributed by atoms with van der Waals surface area (Å²) in [5, 5.41) is 5.13. The molecule has 1 aromatic carbocycles. The summed E-state index contributed by atoms with van der Waals surface area (Å²) in [5.74, 6) is -0.650. The second kappa shape index (κ2) is 6.69. The van der Waals surface area contributed by atoms with Crippen molar-refractivity contribution in [1.29, 1.82) is 0 Å². The lowest BCUT2D eigenvalue weighted by molar-refractivity contribution is -0.123. The highest BCUT2D eigenvalue weighted by Gasteiger charge is 2.07. The maximum atomic E-state index is 11.6. The topological polar surface area (TPSA) is 97.1 Å². The number of rotatable bonds is 5. The molecule has 0 bridgehead atoms. The van der Waals surface area contributed by atoms with Gasteiger partial charge in [0.25, 0.3) is 0 Å². The molecule has 2 rings (SSSR count). The predicted octanol–water partition coefficient (Wildman–Crippen LogP) is 1.03. The first-order valence-electron chi connectivity index (χ1n) is 5.83.